The zero-order valence-electron chi connectivity index (χ0n) is 21.1. The van der Waals surface area contributed by atoms with Gasteiger partial charge in [0.05, 0.1) is 24.0 Å². The minimum absolute atomic E-state index is 0.0404. The van der Waals surface area contributed by atoms with Crippen molar-refractivity contribution in [1.29, 1.82) is 0 Å². The zero-order chi connectivity index (χ0) is 25.1. The van der Waals surface area contributed by atoms with Gasteiger partial charge in [0.25, 0.3) is 0 Å². The molecule has 36 heavy (non-hydrogen) atoms. The Balaban J connectivity index is 1.25. The molecule has 1 saturated heterocycles. The first-order chi connectivity index (χ1) is 17.4. The third kappa shape index (κ3) is 5.92. The molecule has 1 aromatic carbocycles. The van der Waals surface area contributed by atoms with Crippen LogP contribution in [0.2, 0.25) is 5.02 Å². The molecule has 1 N–H and O–H groups in total. The van der Waals surface area contributed by atoms with Gasteiger partial charge in [-0.25, -0.2) is 0 Å². The van der Waals surface area contributed by atoms with Crippen LogP contribution in [0, 0.1) is 5.92 Å². The van der Waals surface area contributed by atoms with E-state index < -0.39 is 5.60 Å². The summed E-state index contributed by atoms with van der Waals surface area (Å²) in [7, 11) is 0. The fraction of sp³-hybridized carbons (Fsp3) is 0.433. The van der Waals surface area contributed by atoms with Gasteiger partial charge in [0.2, 0.25) is 0 Å². The maximum Gasteiger partial charge on any atom is 0.131 e. The quantitative estimate of drug-likeness (QED) is 0.504. The number of halogens is 1. The first-order valence-corrected chi connectivity index (χ1v) is 13.2. The van der Waals surface area contributed by atoms with Crippen LogP contribution in [0.4, 0.5) is 0 Å². The van der Waals surface area contributed by atoms with Gasteiger partial charge >= 0.3 is 0 Å². The first kappa shape index (κ1) is 25.2. The SMILES string of the molecule is CC(C)(O)C1C=CC2=C(C1)/C(=C/CCN1CC[C@@H](OCc3ccc(Cl)cc3)C1)c1cccnc1CO2. The monoisotopic (exact) mass is 506 g/mol. The predicted octanol–water partition coefficient (Wildman–Crippen LogP) is 5.93. The number of rotatable bonds is 7. The Morgan fingerprint density at radius 3 is 2.89 bits per heavy atom. The van der Waals surface area contributed by atoms with Crippen molar-refractivity contribution in [1.82, 2.24) is 9.88 Å². The van der Waals surface area contributed by atoms with E-state index in [1.54, 1.807) is 0 Å². The number of benzene rings is 1. The lowest BCUT2D eigenvalue weighted by Crippen LogP contribution is -2.31. The van der Waals surface area contributed by atoms with Crippen molar-refractivity contribution in [2.75, 3.05) is 19.6 Å². The van der Waals surface area contributed by atoms with Crippen molar-refractivity contribution >= 4 is 17.2 Å². The molecule has 0 amide bonds. The van der Waals surface area contributed by atoms with E-state index >= 15 is 0 Å². The molecule has 1 unspecified atom stereocenters. The van der Waals surface area contributed by atoms with E-state index in [1.807, 2.05) is 56.5 Å². The number of hydrogen-bond acceptors (Lipinski definition) is 5. The smallest absolute Gasteiger partial charge is 0.131 e. The molecule has 6 heteroatoms. The average molecular weight is 507 g/mol. The Morgan fingerprint density at radius 1 is 1.25 bits per heavy atom. The highest BCUT2D eigenvalue weighted by atomic mass is 35.5. The highest BCUT2D eigenvalue weighted by Gasteiger charge is 2.32. The summed E-state index contributed by atoms with van der Waals surface area (Å²) in [5.74, 6) is 0.940. The van der Waals surface area contributed by atoms with Gasteiger partial charge in [0.15, 0.2) is 0 Å². The van der Waals surface area contributed by atoms with Crippen LogP contribution in [0.1, 0.15) is 49.9 Å². The van der Waals surface area contributed by atoms with E-state index in [0.29, 0.717) is 13.2 Å². The maximum atomic E-state index is 10.7. The molecule has 1 aromatic heterocycles. The highest BCUT2D eigenvalue weighted by Crippen LogP contribution is 2.41. The molecule has 3 heterocycles. The lowest BCUT2D eigenvalue weighted by Gasteiger charge is -2.31. The Hall–Kier alpha value is -2.44. The van der Waals surface area contributed by atoms with E-state index in [4.69, 9.17) is 21.1 Å². The number of likely N-dealkylation sites (tertiary alicyclic amines) is 1. The van der Waals surface area contributed by atoms with Crippen LogP contribution in [0.25, 0.3) is 5.57 Å². The van der Waals surface area contributed by atoms with Gasteiger partial charge in [-0.15, -0.1) is 0 Å². The van der Waals surface area contributed by atoms with Crippen LogP contribution >= 0.6 is 11.6 Å². The lowest BCUT2D eigenvalue weighted by molar-refractivity contribution is 0.0358. The van der Waals surface area contributed by atoms with Crippen molar-refractivity contribution < 1.29 is 14.6 Å². The molecule has 0 bridgehead atoms. The Labute approximate surface area is 219 Å². The molecule has 5 rings (SSSR count). The van der Waals surface area contributed by atoms with Crippen molar-refractivity contribution in [3.05, 3.63) is 94.0 Å². The zero-order valence-corrected chi connectivity index (χ0v) is 21.9. The van der Waals surface area contributed by atoms with Gasteiger partial charge in [-0.2, -0.15) is 0 Å². The van der Waals surface area contributed by atoms with Gasteiger partial charge in [0.1, 0.15) is 12.4 Å². The second kappa shape index (κ2) is 10.9. The fourth-order valence-electron chi connectivity index (χ4n) is 5.22. The number of pyridine rings is 1. The number of nitrogens with zero attached hydrogens (tertiary/aromatic N) is 2. The van der Waals surface area contributed by atoms with Crippen molar-refractivity contribution in [2.24, 2.45) is 5.92 Å². The third-order valence-electron chi connectivity index (χ3n) is 7.40. The Morgan fingerprint density at radius 2 is 2.08 bits per heavy atom. The summed E-state index contributed by atoms with van der Waals surface area (Å²) in [6.07, 6.45) is 11.3. The number of aromatic nitrogens is 1. The fourth-order valence-corrected chi connectivity index (χ4v) is 5.34. The molecule has 2 aliphatic heterocycles. The molecule has 2 aromatic rings. The first-order valence-electron chi connectivity index (χ1n) is 12.9. The van der Waals surface area contributed by atoms with E-state index in [0.717, 1.165) is 66.5 Å². The van der Waals surface area contributed by atoms with E-state index in [-0.39, 0.29) is 12.0 Å². The topological polar surface area (TPSA) is 54.8 Å². The van der Waals surface area contributed by atoms with Crippen LogP contribution in [-0.2, 0) is 22.7 Å². The van der Waals surface area contributed by atoms with E-state index in [1.165, 1.54) is 11.1 Å². The van der Waals surface area contributed by atoms with Gasteiger partial charge in [-0.3, -0.25) is 4.98 Å². The number of allylic oxidation sites excluding steroid dienone is 3. The standard InChI is InChI=1S/C30H35ClN2O3/c1-30(2,34)22-9-12-29-27(17-22)25(26-5-3-14-32-28(26)20-36-29)6-4-15-33-16-13-24(18-33)35-19-21-7-10-23(31)11-8-21/h3,5-12,14,22,24,34H,4,13,15-20H2,1-2H3/b25-6+/t22?,24-/m1/s1. The van der Waals surface area contributed by atoms with Crippen molar-refractivity contribution in [3.8, 4) is 0 Å². The molecule has 5 nitrogen and oxygen atoms in total. The summed E-state index contributed by atoms with van der Waals surface area (Å²) < 4.78 is 12.3. The molecule has 190 valence electrons. The number of aliphatic hydroxyl groups is 1. The van der Waals surface area contributed by atoms with Gasteiger partial charge in [-0.1, -0.05) is 42.0 Å². The summed E-state index contributed by atoms with van der Waals surface area (Å²) in [5, 5.41) is 11.4. The van der Waals surface area contributed by atoms with Crippen LogP contribution in [0.3, 0.4) is 0 Å². The number of ether oxygens (including phenoxy) is 2. The average Bonchev–Trinajstić information content (AvgIpc) is 3.26. The third-order valence-corrected chi connectivity index (χ3v) is 7.65. The Bertz CT molecular complexity index is 1160. The van der Waals surface area contributed by atoms with E-state index in [9.17, 15) is 5.11 Å². The molecule has 0 saturated carbocycles. The molecular weight excluding hydrogens is 472 g/mol. The Kier molecular flexibility index (Phi) is 7.63. The second-order valence-corrected chi connectivity index (χ2v) is 10.9. The van der Waals surface area contributed by atoms with Crippen molar-refractivity contribution in [3.63, 3.8) is 0 Å². The lowest BCUT2D eigenvalue weighted by atomic mass is 9.78. The molecule has 0 radical (unpaired) electrons. The van der Waals surface area contributed by atoms with E-state index in [2.05, 4.69) is 28.1 Å². The van der Waals surface area contributed by atoms with Crippen LogP contribution in [0.15, 0.2) is 72.2 Å². The summed E-state index contributed by atoms with van der Waals surface area (Å²) in [6.45, 7) is 7.82. The minimum Gasteiger partial charge on any atom is -0.487 e. The van der Waals surface area contributed by atoms with Crippen molar-refractivity contribution in [2.45, 2.75) is 58.0 Å². The number of fused-ring (bicyclic) bond motifs is 1. The molecular formula is C30H35ClN2O3. The van der Waals surface area contributed by atoms with Crippen LogP contribution in [0.5, 0.6) is 0 Å². The molecule has 2 atom stereocenters. The minimum atomic E-state index is -0.791. The molecule has 3 aliphatic rings. The summed E-state index contributed by atoms with van der Waals surface area (Å²) >= 11 is 5.98. The molecule has 0 spiro atoms. The van der Waals surface area contributed by atoms with Crippen LogP contribution < -0.4 is 0 Å². The normalized spacial score (nSPS) is 23.4. The highest BCUT2D eigenvalue weighted by molar-refractivity contribution is 6.30. The predicted molar refractivity (Wildman–Crippen MR) is 143 cm³/mol. The second-order valence-electron chi connectivity index (χ2n) is 10.5. The molecule has 1 aliphatic carbocycles. The largest absolute Gasteiger partial charge is 0.487 e. The summed E-state index contributed by atoms with van der Waals surface area (Å²) in [4.78, 5) is 7.08. The summed E-state index contributed by atoms with van der Waals surface area (Å²) in [6, 6.07) is 12.0. The number of hydrogen-bond donors (Lipinski definition) is 1. The van der Waals surface area contributed by atoms with Gasteiger partial charge in [-0.05, 0) is 68.5 Å². The van der Waals surface area contributed by atoms with Gasteiger partial charge in [0, 0.05) is 47.9 Å². The van der Waals surface area contributed by atoms with Crippen LogP contribution in [-0.4, -0.2) is 46.3 Å². The van der Waals surface area contributed by atoms with Gasteiger partial charge < -0.3 is 19.5 Å². The summed E-state index contributed by atoms with van der Waals surface area (Å²) in [5.41, 5.74) is 4.82. The molecule has 1 fully saturated rings. The maximum absolute atomic E-state index is 10.7.